The summed E-state index contributed by atoms with van der Waals surface area (Å²) in [5.41, 5.74) is 1.22. The van der Waals surface area contributed by atoms with Gasteiger partial charge in [0.25, 0.3) is 0 Å². The number of nitrogens with one attached hydrogen (secondary N) is 2. The van der Waals surface area contributed by atoms with E-state index in [1.165, 1.54) is 32.4 Å². The summed E-state index contributed by atoms with van der Waals surface area (Å²) in [5, 5.41) is 5.30. The summed E-state index contributed by atoms with van der Waals surface area (Å²) < 4.78 is 9.30. The first-order valence-electron chi connectivity index (χ1n) is 8.85. The molecule has 0 radical (unpaired) electrons. The average molecular weight is 398 g/mol. The monoisotopic (exact) mass is 398 g/mol. The number of rotatable bonds is 8. The Hall–Kier alpha value is -3.68. The lowest BCUT2D eigenvalue weighted by Gasteiger charge is -2.10. The molecule has 0 heterocycles. The lowest BCUT2D eigenvalue weighted by Crippen LogP contribution is -2.28. The molecule has 0 bridgehead atoms. The lowest BCUT2D eigenvalue weighted by molar-refractivity contribution is -0.120. The molecule has 29 heavy (non-hydrogen) atoms. The van der Waals surface area contributed by atoms with Crippen molar-refractivity contribution in [3.8, 4) is 0 Å². The van der Waals surface area contributed by atoms with E-state index in [0.717, 1.165) is 5.56 Å². The molecule has 0 fully saturated rings. The van der Waals surface area contributed by atoms with Gasteiger partial charge < -0.3 is 20.1 Å². The second kappa shape index (κ2) is 10.6. The van der Waals surface area contributed by atoms with E-state index in [1.54, 1.807) is 0 Å². The van der Waals surface area contributed by atoms with E-state index in [9.17, 15) is 19.2 Å². The molecule has 2 rings (SSSR count). The zero-order valence-corrected chi connectivity index (χ0v) is 16.2. The van der Waals surface area contributed by atoms with Crippen molar-refractivity contribution >= 4 is 29.4 Å². The summed E-state index contributed by atoms with van der Waals surface area (Å²) in [7, 11) is 2.39. The molecule has 0 saturated heterocycles. The van der Waals surface area contributed by atoms with E-state index in [0.29, 0.717) is 5.69 Å². The Morgan fingerprint density at radius 1 is 0.828 bits per heavy atom. The van der Waals surface area contributed by atoms with Gasteiger partial charge in [-0.1, -0.05) is 30.3 Å². The molecule has 0 aliphatic rings. The lowest BCUT2D eigenvalue weighted by atomic mass is 10.1. The van der Waals surface area contributed by atoms with Crippen molar-refractivity contribution in [2.45, 2.75) is 12.8 Å². The average Bonchev–Trinajstić information content (AvgIpc) is 2.73. The van der Waals surface area contributed by atoms with Gasteiger partial charge >= 0.3 is 11.9 Å². The molecular weight excluding hydrogens is 376 g/mol. The number of amides is 2. The number of carbonyl (C=O) groups is 4. The van der Waals surface area contributed by atoms with Gasteiger partial charge in [-0.3, -0.25) is 9.59 Å². The molecule has 2 N–H and O–H groups in total. The molecule has 0 aliphatic heterocycles. The van der Waals surface area contributed by atoms with E-state index >= 15 is 0 Å². The van der Waals surface area contributed by atoms with Gasteiger partial charge in [-0.15, -0.1) is 0 Å². The van der Waals surface area contributed by atoms with E-state index in [4.69, 9.17) is 0 Å². The van der Waals surface area contributed by atoms with E-state index in [-0.39, 0.29) is 42.3 Å². The van der Waals surface area contributed by atoms with Crippen LogP contribution in [0.4, 0.5) is 5.69 Å². The summed E-state index contributed by atoms with van der Waals surface area (Å²) in [4.78, 5) is 47.7. The molecule has 2 amide bonds. The van der Waals surface area contributed by atoms with Crippen molar-refractivity contribution in [3.05, 3.63) is 65.2 Å². The van der Waals surface area contributed by atoms with Crippen LogP contribution in [0.3, 0.4) is 0 Å². The quantitative estimate of drug-likeness (QED) is 0.658. The number of hydrogen-bond donors (Lipinski definition) is 2. The third-order valence-electron chi connectivity index (χ3n) is 4.00. The van der Waals surface area contributed by atoms with Crippen molar-refractivity contribution in [1.29, 1.82) is 0 Å². The van der Waals surface area contributed by atoms with Gasteiger partial charge in [0.15, 0.2) is 0 Å². The summed E-state index contributed by atoms with van der Waals surface area (Å²) >= 11 is 0. The van der Waals surface area contributed by atoms with Crippen molar-refractivity contribution in [2.75, 3.05) is 26.1 Å². The minimum atomic E-state index is -0.727. The minimum absolute atomic E-state index is 0.0201. The summed E-state index contributed by atoms with van der Waals surface area (Å²) in [6, 6.07) is 13.5. The normalized spacial score (nSPS) is 10.0. The second-order valence-electron chi connectivity index (χ2n) is 6.05. The molecule has 8 nitrogen and oxygen atoms in total. The van der Waals surface area contributed by atoms with E-state index < -0.39 is 11.9 Å². The first-order chi connectivity index (χ1) is 13.9. The van der Waals surface area contributed by atoms with Crippen LogP contribution < -0.4 is 10.6 Å². The van der Waals surface area contributed by atoms with Crippen molar-refractivity contribution in [3.63, 3.8) is 0 Å². The summed E-state index contributed by atoms with van der Waals surface area (Å²) in [5.74, 6) is -1.95. The van der Waals surface area contributed by atoms with Crippen LogP contribution in [-0.4, -0.2) is 44.5 Å². The highest BCUT2D eigenvalue weighted by molar-refractivity contribution is 6.04. The summed E-state index contributed by atoms with van der Waals surface area (Å²) in [6.45, 7) is 0.168. The number of benzene rings is 2. The highest BCUT2D eigenvalue weighted by atomic mass is 16.5. The number of carbonyl (C=O) groups excluding carboxylic acids is 4. The van der Waals surface area contributed by atoms with Crippen LogP contribution in [0.2, 0.25) is 0 Å². The predicted octanol–water partition coefficient (Wildman–Crippen LogP) is 1.95. The van der Waals surface area contributed by atoms with Crippen LogP contribution in [0.5, 0.6) is 0 Å². The topological polar surface area (TPSA) is 111 Å². The molecule has 0 spiro atoms. The highest BCUT2D eigenvalue weighted by Crippen LogP contribution is 2.18. The maximum absolute atomic E-state index is 12.1. The molecule has 0 aliphatic carbocycles. The Kier molecular flexibility index (Phi) is 7.90. The van der Waals surface area contributed by atoms with E-state index in [2.05, 4.69) is 20.1 Å². The van der Waals surface area contributed by atoms with E-state index in [1.807, 2.05) is 30.3 Å². The van der Waals surface area contributed by atoms with Crippen LogP contribution in [0, 0.1) is 0 Å². The van der Waals surface area contributed by atoms with Gasteiger partial charge in [0.2, 0.25) is 11.8 Å². The number of methoxy groups -OCH3 is 2. The molecule has 0 atom stereocenters. The predicted molar refractivity (Wildman–Crippen MR) is 106 cm³/mol. The van der Waals surface area contributed by atoms with Gasteiger partial charge in [0, 0.05) is 18.7 Å². The Morgan fingerprint density at radius 2 is 1.48 bits per heavy atom. The van der Waals surface area contributed by atoms with Crippen LogP contribution in [0.1, 0.15) is 32.7 Å². The Bertz CT molecular complexity index is 895. The van der Waals surface area contributed by atoms with Gasteiger partial charge in [-0.05, 0) is 23.8 Å². The standard InChI is InChI=1S/C21H22N2O6/c1-28-20(26)16-9-8-15(13-17(16)21(27)29-2)23-18(24)10-11-22-19(25)12-14-6-4-3-5-7-14/h3-9,13H,10-12H2,1-2H3,(H,22,25)(H,23,24). The largest absolute Gasteiger partial charge is 0.465 e. The van der Waals surface area contributed by atoms with Crippen LogP contribution in [0.25, 0.3) is 0 Å². The first-order valence-corrected chi connectivity index (χ1v) is 8.85. The maximum atomic E-state index is 12.1. The van der Waals surface area contributed by atoms with Gasteiger partial charge in [-0.25, -0.2) is 9.59 Å². The number of hydrogen-bond acceptors (Lipinski definition) is 6. The Labute approximate surface area is 168 Å². The van der Waals surface area contributed by atoms with Crippen LogP contribution in [-0.2, 0) is 25.5 Å². The third-order valence-corrected chi connectivity index (χ3v) is 4.00. The first kappa shape index (κ1) is 21.6. The SMILES string of the molecule is COC(=O)c1ccc(NC(=O)CCNC(=O)Cc2ccccc2)cc1C(=O)OC. The molecule has 0 unspecified atom stereocenters. The molecule has 0 aromatic heterocycles. The van der Waals surface area contributed by atoms with Crippen LogP contribution >= 0.6 is 0 Å². The Morgan fingerprint density at radius 3 is 2.14 bits per heavy atom. The maximum Gasteiger partial charge on any atom is 0.338 e. The fraction of sp³-hybridized carbons (Fsp3) is 0.238. The fourth-order valence-corrected chi connectivity index (χ4v) is 2.57. The molecule has 2 aromatic rings. The number of esters is 2. The molecule has 152 valence electrons. The fourth-order valence-electron chi connectivity index (χ4n) is 2.57. The second-order valence-corrected chi connectivity index (χ2v) is 6.05. The van der Waals surface area contributed by atoms with Gasteiger partial charge in [0.1, 0.15) is 0 Å². The molecular formula is C21H22N2O6. The smallest absolute Gasteiger partial charge is 0.338 e. The highest BCUT2D eigenvalue weighted by Gasteiger charge is 2.19. The Balaban J connectivity index is 1.90. The molecule has 8 heteroatoms. The summed E-state index contributed by atoms with van der Waals surface area (Å²) in [6.07, 6.45) is 0.285. The third kappa shape index (κ3) is 6.46. The van der Waals surface area contributed by atoms with Gasteiger partial charge in [0.05, 0.1) is 31.8 Å². The minimum Gasteiger partial charge on any atom is -0.465 e. The molecule has 0 saturated carbocycles. The van der Waals surface area contributed by atoms with Crippen molar-refractivity contribution in [2.24, 2.45) is 0 Å². The number of anilines is 1. The van der Waals surface area contributed by atoms with Crippen molar-refractivity contribution in [1.82, 2.24) is 5.32 Å². The van der Waals surface area contributed by atoms with Crippen molar-refractivity contribution < 1.29 is 28.7 Å². The zero-order chi connectivity index (χ0) is 21.2. The van der Waals surface area contributed by atoms with Crippen LogP contribution in [0.15, 0.2) is 48.5 Å². The molecule has 2 aromatic carbocycles. The van der Waals surface area contributed by atoms with Gasteiger partial charge in [-0.2, -0.15) is 0 Å². The number of ether oxygens (including phenoxy) is 2. The zero-order valence-electron chi connectivity index (χ0n) is 16.2.